The highest BCUT2D eigenvalue weighted by Gasteiger charge is 2.37. The molecule has 33 heteroatoms. The van der Waals surface area contributed by atoms with Crippen LogP contribution >= 0.6 is 0 Å². The minimum atomic E-state index is -1.64. The Balaban J connectivity index is 1.98. The summed E-state index contributed by atoms with van der Waals surface area (Å²) >= 11 is 0. The van der Waals surface area contributed by atoms with Crippen LogP contribution in [0.5, 0.6) is 0 Å². The molecule has 1 heterocycles. The number of nitrogens with two attached hydrogens (primary N) is 4. The third-order valence-corrected chi connectivity index (χ3v) is 17.0. The van der Waals surface area contributed by atoms with Crippen molar-refractivity contribution >= 4 is 93.7 Å². The van der Waals surface area contributed by atoms with Crippen LogP contribution in [0.3, 0.4) is 0 Å². The molecule has 105 heavy (non-hydrogen) atoms. The number of aromatic amines is 1. The van der Waals surface area contributed by atoms with Crippen molar-refractivity contribution in [3.05, 3.63) is 71.9 Å². The molecule has 2 aromatic carbocycles. The van der Waals surface area contributed by atoms with Crippen LogP contribution in [0.2, 0.25) is 0 Å². The van der Waals surface area contributed by atoms with Crippen LogP contribution in [0.1, 0.15) is 156 Å². The number of unbranched alkanes of at least 4 members (excludes halogenated alkanes) is 3. The molecule has 0 fully saturated rings. The monoisotopic (exact) mass is 1470 g/mol. The molecule has 0 aliphatic rings. The number of hydrogen-bond donors (Lipinski definition) is 19. The first-order chi connectivity index (χ1) is 49.8. The molecule has 584 valence electrons. The van der Waals surface area contributed by atoms with Gasteiger partial charge in [-0.15, -0.1) is 0 Å². The van der Waals surface area contributed by atoms with Gasteiger partial charge in [0.1, 0.15) is 60.4 Å². The second kappa shape index (κ2) is 47.7. The normalized spacial score (nSPS) is 14.2. The Kier molecular flexibility index (Phi) is 40.7. The van der Waals surface area contributed by atoms with Crippen LogP contribution in [0.15, 0.2) is 60.8 Å². The third kappa shape index (κ3) is 33.8. The Hall–Kier alpha value is -9.60. The molecule has 23 N–H and O–H groups in total. The van der Waals surface area contributed by atoms with E-state index < -0.39 is 175 Å². The van der Waals surface area contributed by atoms with Gasteiger partial charge in [0, 0.05) is 36.4 Å². The molecule has 3 rings (SSSR count). The number of benzene rings is 2. The number of nitrogens with one attached hydrogen (secondary N) is 13. The van der Waals surface area contributed by atoms with E-state index in [1.54, 1.807) is 110 Å². The van der Waals surface area contributed by atoms with Crippen molar-refractivity contribution in [3.63, 3.8) is 0 Å². The van der Waals surface area contributed by atoms with Gasteiger partial charge in [0.2, 0.25) is 70.9 Å². The molecular weight excluding hydrogens is 1360 g/mol. The number of carbonyl (C=O) groups excluding carboxylic acids is 12. The lowest BCUT2D eigenvalue weighted by molar-refractivity contribution is -0.143. The van der Waals surface area contributed by atoms with Crippen molar-refractivity contribution < 1.29 is 77.3 Å². The minimum Gasteiger partial charge on any atom is -0.481 e. The van der Waals surface area contributed by atoms with Crippen molar-refractivity contribution in [2.24, 2.45) is 46.6 Å². The average Bonchev–Trinajstić information content (AvgIpc) is 1.71. The second-order valence-electron chi connectivity index (χ2n) is 27.9. The van der Waals surface area contributed by atoms with Gasteiger partial charge in [0.05, 0.1) is 19.6 Å². The van der Waals surface area contributed by atoms with E-state index in [0.717, 1.165) is 0 Å². The van der Waals surface area contributed by atoms with Crippen LogP contribution < -0.4 is 86.7 Å². The predicted molar refractivity (Wildman–Crippen MR) is 393 cm³/mol. The van der Waals surface area contributed by atoms with Crippen molar-refractivity contribution in [1.29, 1.82) is 0 Å². The summed E-state index contributed by atoms with van der Waals surface area (Å²) in [6.07, 6.45) is 2.62. The molecule has 0 saturated carbocycles. The predicted octanol–water partition coefficient (Wildman–Crippen LogP) is -0.877. The number of fused-ring (bicyclic) bond motifs is 1. The third-order valence-electron chi connectivity index (χ3n) is 17.0. The quantitative estimate of drug-likeness (QED) is 0.0305. The number of rotatable bonds is 51. The van der Waals surface area contributed by atoms with E-state index in [1.165, 1.54) is 0 Å². The number of carboxylic acid groups (broad SMARTS) is 2. The number of para-hydroxylation sites is 1. The van der Waals surface area contributed by atoms with Gasteiger partial charge in [0.25, 0.3) is 0 Å². The molecule has 3 aromatic rings. The van der Waals surface area contributed by atoms with Gasteiger partial charge in [-0.2, -0.15) is 0 Å². The lowest BCUT2D eigenvalue weighted by Crippen LogP contribution is -2.60. The molecule has 0 aliphatic carbocycles. The Bertz CT molecular complexity index is 3330. The lowest BCUT2D eigenvalue weighted by Gasteiger charge is -2.28. The molecule has 33 nitrogen and oxygen atoms in total. The Morgan fingerprint density at radius 1 is 0.390 bits per heavy atom. The molecule has 10 atom stereocenters. The van der Waals surface area contributed by atoms with Crippen molar-refractivity contribution in [1.82, 2.24) is 68.8 Å². The number of aromatic nitrogens is 1. The zero-order valence-electron chi connectivity index (χ0n) is 61.8. The highest BCUT2D eigenvalue weighted by molar-refractivity contribution is 5.99. The summed E-state index contributed by atoms with van der Waals surface area (Å²) in [6, 6.07) is 2.09. The summed E-state index contributed by atoms with van der Waals surface area (Å²) < 4.78 is 0. The van der Waals surface area contributed by atoms with Crippen molar-refractivity contribution in [3.8, 4) is 0 Å². The van der Waals surface area contributed by atoms with Crippen molar-refractivity contribution in [2.75, 3.05) is 39.3 Å². The first kappa shape index (κ1) is 89.6. The number of hydrogen-bond acceptors (Lipinski definition) is 18. The molecule has 0 unspecified atom stereocenters. The van der Waals surface area contributed by atoms with Gasteiger partial charge < -0.3 is 102 Å². The highest BCUT2D eigenvalue weighted by Crippen LogP contribution is 2.21. The average molecular weight is 1470 g/mol. The summed E-state index contributed by atoms with van der Waals surface area (Å²) in [5, 5.41) is 51.8. The number of aliphatic carboxylic acids is 2. The topological polar surface area (TPSA) is 544 Å². The smallest absolute Gasteiger partial charge is 0.326 e. The Morgan fingerprint density at radius 3 is 1.18 bits per heavy atom. The van der Waals surface area contributed by atoms with Crippen LogP contribution in [0.25, 0.3) is 10.9 Å². The van der Waals surface area contributed by atoms with Gasteiger partial charge in [-0.25, -0.2) is 4.79 Å². The van der Waals surface area contributed by atoms with Crippen LogP contribution in [-0.2, 0) is 80.0 Å². The molecule has 0 radical (unpaired) electrons. The summed E-state index contributed by atoms with van der Waals surface area (Å²) in [5.41, 5.74) is 24.7. The zero-order valence-corrected chi connectivity index (χ0v) is 61.8. The fourth-order valence-electron chi connectivity index (χ4n) is 11.4. The van der Waals surface area contributed by atoms with E-state index in [1.807, 2.05) is 6.07 Å². The summed E-state index contributed by atoms with van der Waals surface area (Å²) in [4.78, 5) is 195. The van der Waals surface area contributed by atoms with Crippen LogP contribution in [0.4, 0.5) is 0 Å². The van der Waals surface area contributed by atoms with Gasteiger partial charge in [-0.05, 0) is 144 Å². The standard InChI is InChI=1S/C72H115N17O16/c1-41(2)32-53(68(100)84-51(26-16-19-31-75)67(99)89-62(44(7)8)72(104)105)81-60(92)40-79-63(95)57(36-46-38-77-48-23-13-12-22-47(46)48)88-70(102)55(34-43(5)6)86-65(97)50(25-15-18-30-74)82-64(96)49(24-14-17-29-73)83-66(98)52(27-28-61(93)94)85-71(103)56(35-45-20-10-9-11-21-45)87-69(101)54(33-42(3)4)80-59(91)39-78-58(90)37-76/h9-13,20-23,38,41-44,49-57,62,77H,14-19,24-37,39-40,73-76H2,1-8H3,(H,78,90)(H,79,95)(H,80,91)(H,81,92)(H,82,96)(H,83,98)(H,84,100)(H,85,103)(H,86,97)(H,87,101)(H,88,102)(H,89,99)(H,93,94)(H,104,105)/t49-,50-,51-,52-,53-,54-,55-,56-,57-,62-/m0/s1. The van der Waals surface area contributed by atoms with Gasteiger partial charge >= 0.3 is 11.9 Å². The number of H-pyrrole nitrogens is 1. The Morgan fingerprint density at radius 2 is 0.762 bits per heavy atom. The number of amides is 12. The van der Waals surface area contributed by atoms with E-state index in [0.29, 0.717) is 54.3 Å². The molecule has 0 aliphatic heterocycles. The SMILES string of the molecule is CC(C)C[C@H](NC(=O)CNC(=O)CN)C(=O)N[C@@H](Cc1ccccc1)C(=O)N[C@@H](CCC(=O)O)C(=O)N[C@@H](CCCCN)C(=O)N[C@@H](CCCCN)C(=O)N[C@@H](CC(C)C)C(=O)N[C@@H](Cc1c[nH]c2ccccc12)C(=O)NCC(=O)N[C@@H](CC(C)C)C(=O)N[C@@H](CCCCN)C(=O)N[C@H](C(=O)O)C(C)C. The summed E-state index contributed by atoms with van der Waals surface area (Å²) in [7, 11) is 0. The van der Waals surface area contributed by atoms with E-state index >= 15 is 0 Å². The van der Waals surface area contributed by atoms with Gasteiger partial charge in [0.15, 0.2) is 0 Å². The van der Waals surface area contributed by atoms with E-state index in [4.69, 9.17) is 22.9 Å². The zero-order chi connectivity index (χ0) is 78.3. The maximum absolute atomic E-state index is 14.8. The minimum absolute atomic E-state index is 0.000285. The number of carbonyl (C=O) groups is 14. The molecule has 12 amide bonds. The lowest BCUT2D eigenvalue weighted by atomic mass is 9.99. The summed E-state index contributed by atoms with van der Waals surface area (Å²) in [6.45, 7) is 13.1. The van der Waals surface area contributed by atoms with E-state index in [2.05, 4.69) is 68.8 Å². The second-order valence-corrected chi connectivity index (χ2v) is 27.9. The first-order valence-corrected chi connectivity index (χ1v) is 36.2. The maximum atomic E-state index is 14.8. The highest BCUT2D eigenvalue weighted by atomic mass is 16.4. The summed E-state index contributed by atoms with van der Waals surface area (Å²) in [5.74, 6) is -13.4. The fraction of sp³-hybridized carbons (Fsp3) is 0.611. The van der Waals surface area contributed by atoms with E-state index in [9.17, 15) is 77.3 Å². The fourth-order valence-corrected chi connectivity index (χ4v) is 11.4. The molecular formula is C72H115N17O16. The van der Waals surface area contributed by atoms with Crippen molar-refractivity contribution in [2.45, 2.75) is 219 Å². The molecule has 1 aromatic heterocycles. The van der Waals surface area contributed by atoms with Crippen LogP contribution in [0, 0.1) is 23.7 Å². The van der Waals surface area contributed by atoms with Gasteiger partial charge in [-0.1, -0.05) is 104 Å². The number of carboxylic acids is 2. The van der Waals surface area contributed by atoms with Gasteiger partial charge in [-0.3, -0.25) is 62.3 Å². The molecule has 0 bridgehead atoms. The first-order valence-electron chi connectivity index (χ1n) is 36.2. The largest absolute Gasteiger partial charge is 0.481 e. The Labute approximate surface area is 613 Å². The van der Waals surface area contributed by atoms with E-state index in [-0.39, 0.29) is 102 Å². The maximum Gasteiger partial charge on any atom is 0.326 e. The molecule has 0 saturated heterocycles. The van der Waals surface area contributed by atoms with Crippen LogP contribution in [-0.4, -0.2) is 198 Å². The molecule has 0 spiro atoms.